The zero-order valence-corrected chi connectivity index (χ0v) is 16.4. The molecule has 1 heterocycles. The number of benzene rings is 1. The SMILES string of the molecule is CC(=O)NC1CCCN(CC(=O)N(C)CCOc2cc(C)cc(C)c2)C1. The fourth-order valence-corrected chi connectivity index (χ4v) is 3.36. The number of piperidine rings is 1. The summed E-state index contributed by atoms with van der Waals surface area (Å²) in [7, 11) is 1.81. The lowest BCUT2D eigenvalue weighted by atomic mass is 10.1. The van der Waals surface area contributed by atoms with Crippen molar-refractivity contribution in [2.75, 3.05) is 39.8 Å². The van der Waals surface area contributed by atoms with E-state index in [9.17, 15) is 9.59 Å². The normalized spacial score (nSPS) is 17.6. The summed E-state index contributed by atoms with van der Waals surface area (Å²) in [4.78, 5) is 27.5. The molecule has 6 nitrogen and oxygen atoms in total. The zero-order chi connectivity index (χ0) is 19.1. The standard InChI is InChI=1S/C20H31N3O3/c1-15-10-16(2)12-19(11-15)26-9-8-22(4)20(25)14-23-7-5-6-18(13-23)21-17(3)24/h10-12,18H,5-9,13-14H2,1-4H3,(H,21,24). The number of ether oxygens (including phenoxy) is 1. The molecule has 1 N–H and O–H groups in total. The number of rotatable bonds is 7. The van der Waals surface area contributed by atoms with Gasteiger partial charge < -0.3 is 15.0 Å². The maximum atomic E-state index is 12.4. The van der Waals surface area contributed by atoms with Gasteiger partial charge in [-0.25, -0.2) is 0 Å². The van der Waals surface area contributed by atoms with Crippen molar-refractivity contribution in [3.63, 3.8) is 0 Å². The number of nitrogens with one attached hydrogen (secondary N) is 1. The van der Waals surface area contributed by atoms with Crippen molar-refractivity contribution in [1.29, 1.82) is 0 Å². The highest BCUT2D eigenvalue weighted by atomic mass is 16.5. The monoisotopic (exact) mass is 361 g/mol. The van der Waals surface area contributed by atoms with Gasteiger partial charge >= 0.3 is 0 Å². The second-order valence-electron chi connectivity index (χ2n) is 7.26. The Hall–Kier alpha value is -2.08. The van der Waals surface area contributed by atoms with Crippen molar-refractivity contribution in [3.8, 4) is 5.75 Å². The van der Waals surface area contributed by atoms with Crippen molar-refractivity contribution in [1.82, 2.24) is 15.1 Å². The Labute approximate surface area is 156 Å². The molecule has 0 radical (unpaired) electrons. The molecule has 2 rings (SSSR count). The number of carbonyl (C=O) groups excluding carboxylic acids is 2. The van der Waals surface area contributed by atoms with Crippen LogP contribution in [0.3, 0.4) is 0 Å². The van der Waals surface area contributed by atoms with Crippen LogP contribution >= 0.6 is 0 Å². The van der Waals surface area contributed by atoms with E-state index in [1.54, 1.807) is 4.90 Å². The van der Waals surface area contributed by atoms with Gasteiger partial charge in [0.2, 0.25) is 11.8 Å². The van der Waals surface area contributed by atoms with Crippen LogP contribution in [-0.4, -0.2) is 67.5 Å². The average Bonchev–Trinajstić information content (AvgIpc) is 2.53. The molecule has 1 fully saturated rings. The topological polar surface area (TPSA) is 61.9 Å². The van der Waals surface area contributed by atoms with Crippen molar-refractivity contribution in [2.45, 2.75) is 39.7 Å². The second kappa shape index (κ2) is 9.57. The van der Waals surface area contributed by atoms with Gasteiger partial charge in [-0.2, -0.15) is 0 Å². The first-order chi connectivity index (χ1) is 12.3. The summed E-state index contributed by atoms with van der Waals surface area (Å²) < 4.78 is 5.78. The molecule has 1 aromatic carbocycles. The molecule has 1 atom stereocenters. The summed E-state index contributed by atoms with van der Waals surface area (Å²) in [5.41, 5.74) is 2.34. The predicted octanol–water partition coefficient (Wildman–Crippen LogP) is 1.74. The van der Waals surface area contributed by atoms with E-state index in [1.807, 2.05) is 33.0 Å². The molecule has 1 aliphatic heterocycles. The smallest absolute Gasteiger partial charge is 0.236 e. The molecule has 1 aromatic rings. The van der Waals surface area contributed by atoms with Gasteiger partial charge in [0, 0.05) is 26.6 Å². The Morgan fingerprint density at radius 2 is 1.96 bits per heavy atom. The Balaban J connectivity index is 1.74. The zero-order valence-electron chi connectivity index (χ0n) is 16.4. The fourth-order valence-electron chi connectivity index (χ4n) is 3.36. The number of likely N-dealkylation sites (N-methyl/N-ethyl adjacent to an activating group) is 1. The molecule has 6 heteroatoms. The third kappa shape index (κ3) is 6.67. The van der Waals surface area contributed by atoms with E-state index < -0.39 is 0 Å². The Morgan fingerprint density at radius 3 is 2.62 bits per heavy atom. The lowest BCUT2D eigenvalue weighted by molar-refractivity contribution is -0.131. The molecular weight excluding hydrogens is 330 g/mol. The largest absolute Gasteiger partial charge is 0.492 e. The molecule has 0 spiro atoms. The number of aryl methyl sites for hydroxylation is 2. The van der Waals surface area contributed by atoms with Crippen LogP contribution in [0.5, 0.6) is 5.75 Å². The van der Waals surface area contributed by atoms with Crippen LogP contribution < -0.4 is 10.1 Å². The maximum absolute atomic E-state index is 12.4. The van der Waals surface area contributed by atoms with Crippen LogP contribution in [0.1, 0.15) is 30.9 Å². The molecule has 1 saturated heterocycles. The molecule has 2 amide bonds. The number of carbonyl (C=O) groups is 2. The van der Waals surface area contributed by atoms with E-state index in [0.717, 1.165) is 31.7 Å². The van der Waals surface area contributed by atoms with E-state index in [1.165, 1.54) is 18.1 Å². The van der Waals surface area contributed by atoms with Gasteiger partial charge in [0.15, 0.2) is 0 Å². The first kappa shape index (κ1) is 20.2. The van der Waals surface area contributed by atoms with Crippen molar-refractivity contribution >= 4 is 11.8 Å². The number of hydrogen-bond acceptors (Lipinski definition) is 4. The summed E-state index contributed by atoms with van der Waals surface area (Å²) in [6.07, 6.45) is 1.97. The maximum Gasteiger partial charge on any atom is 0.236 e. The number of nitrogens with zero attached hydrogens (tertiary/aromatic N) is 2. The summed E-state index contributed by atoms with van der Waals surface area (Å²) >= 11 is 0. The van der Waals surface area contributed by atoms with E-state index >= 15 is 0 Å². The van der Waals surface area contributed by atoms with E-state index in [0.29, 0.717) is 19.7 Å². The summed E-state index contributed by atoms with van der Waals surface area (Å²) in [5, 5.41) is 2.95. The van der Waals surface area contributed by atoms with Crippen molar-refractivity contribution in [2.24, 2.45) is 0 Å². The Kier molecular flexibility index (Phi) is 7.45. The lowest BCUT2D eigenvalue weighted by Gasteiger charge is -2.33. The fraction of sp³-hybridized carbons (Fsp3) is 0.600. The predicted molar refractivity (Wildman–Crippen MR) is 102 cm³/mol. The van der Waals surface area contributed by atoms with Crippen LogP contribution in [0.15, 0.2) is 18.2 Å². The highest BCUT2D eigenvalue weighted by Gasteiger charge is 2.23. The summed E-state index contributed by atoms with van der Waals surface area (Å²) in [5.74, 6) is 0.916. The van der Waals surface area contributed by atoms with E-state index in [-0.39, 0.29) is 17.9 Å². The van der Waals surface area contributed by atoms with Gasteiger partial charge in [-0.15, -0.1) is 0 Å². The lowest BCUT2D eigenvalue weighted by Crippen LogP contribution is -2.50. The van der Waals surface area contributed by atoms with Crippen molar-refractivity contribution < 1.29 is 14.3 Å². The summed E-state index contributed by atoms with van der Waals surface area (Å²) in [6, 6.07) is 6.26. The molecule has 0 aromatic heterocycles. The molecule has 0 saturated carbocycles. The second-order valence-corrected chi connectivity index (χ2v) is 7.26. The first-order valence-electron chi connectivity index (χ1n) is 9.28. The Morgan fingerprint density at radius 1 is 1.27 bits per heavy atom. The Bertz CT molecular complexity index is 612. The van der Waals surface area contributed by atoms with Gasteiger partial charge in [-0.3, -0.25) is 14.5 Å². The minimum absolute atomic E-state index is 0.0103. The minimum Gasteiger partial charge on any atom is -0.492 e. The van der Waals surface area contributed by atoms with Gasteiger partial charge in [0.25, 0.3) is 0 Å². The average molecular weight is 361 g/mol. The van der Waals surface area contributed by atoms with Crippen molar-refractivity contribution in [3.05, 3.63) is 29.3 Å². The number of likely N-dealkylation sites (tertiary alicyclic amines) is 1. The van der Waals surface area contributed by atoms with Crippen LogP contribution in [0.25, 0.3) is 0 Å². The highest BCUT2D eigenvalue weighted by molar-refractivity contribution is 5.78. The molecule has 1 unspecified atom stereocenters. The molecular formula is C20H31N3O3. The van der Waals surface area contributed by atoms with Crippen LogP contribution in [0.2, 0.25) is 0 Å². The van der Waals surface area contributed by atoms with Gasteiger partial charge in [0.05, 0.1) is 13.1 Å². The molecule has 0 bridgehead atoms. The quantitative estimate of drug-likeness (QED) is 0.804. The molecule has 1 aliphatic rings. The van der Waals surface area contributed by atoms with Crippen LogP contribution in [0.4, 0.5) is 0 Å². The van der Waals surface area contributed by atoms with E-state index in [2.05, 4.69) is 16.3 Å². The number of amides is 2. The molecule has 144 valence electrons. The highest BCUT2D eigenvalue weighted by Crippen LogP contribution is 2.16. The number of hydrogen-bond donors (Lipinski definition) is 1. The molecule has 0 aliphatic carbocycles. The van der Waals surface area contributed by atoms with Crippen LogP contribution in [-0.2, 0) is 9.59 Å². The first-order valence-corrected chi connectivity index (χ1v) is 9.28. The van der Waals surface area contributed by atoms with E-state index in [4.69, 9.17) is 4.74 Å². The summed E-state index contributed by atoms with van der Waals surface area (Å²) in [6.45, 7) is 8.66. The third-order valence-electron chi connectivity index (χ3n) is 4.59. The molecule has 26 heavy (non-hydrogen) atoms. The third-order valence-corrected chi connectivity index (χ3v) is 4.59. The van der Waals surface area contributed by atoms with Gasteiger partial charge in [0.1, 0.15) is 12.4 Å². The van der Waals surface area contributed by atoms with Gasteiger partial charge in [-0.05, 0) is 56.5 Å². The van der Waals surface area contributed by atoms with Crippen LogP contribution in [0, 0.1) is 13.8 Å². The minimum atomic E-state index is -0.0103. The van der Waals surface area contributed by atoms with Gasteiger partial charge in [-0.1, -0.05) is 6.07 Å².